The van der Waals surface area contributed by atoms with E-state index < -0.39 is 0 Å². The van der Waals surface area contributed by atoms with Crippen LogP contribution in [0.25, 0.3) is 44.8 Å². The molecule has 0 aliphatic rings. The number of phenols is 1. The molecule has 0 bridgehead atoms. The van der Waals surface area contributed by atoms with Gasteiger partial charge in [0.15, 0.2) is 0 Å². The minimum absolute atomic E-state index is 0. The van der Waals surface area contributed by atoms with Gasteiger partial charge >= 0.3 is 0 Å². The zero-order valence-electron chi connectivity index (χ0n) is 24.2. The normalized spacial score (nSPS) is 10.8. The van der Waals surface area contributed by atoms with Crippen molar-refractivity contribution in [2.75, 3.05) is 0 Å². The summed E-state index contributed by atoms with van der Waals surface area (Å²) in [5.74, 6) is 0.182. The molecule has 6 aromatic rings. The third kappa shape index (κ3) is 7.10. The average Bonchev–Trinajstić information content (AvgIpc) is 2.96. The van der Waals surface area contributed by atoms with Crippen molar-refractivity contribution >= 4 is 11.8 Å². The molecule has 7 heteroatoms. The molecule has 2 aromatic carbocycles. The van der Waals surface area contributed by atoms with Crippen molar-refractivity contribution in [3.63, 3.8) is 0 Å². The number of rotatable bonds is 6. The summed E-state index contributed by atoms with van der Waals surface area (Å²) < 4.78 is 0. The molecule has 0 atom stereocenters. The summed E-state index contributed by atoms with van der Waals surface area (Å²) in [6, 6.07) is 33.5. The number of aromatic nitrogens is 4. The predicted molar refractivity (Wildman–Crippen MR) is 169 cm³/mol. The fourth-order valence-electron chi connectivity index (χ4n) is 5.09. The second kappa shape index (κ2) is 13.0. The Kier molecular flexibility index (Phi) is 9.19. The minimum Gasteiger partial charge on any atom is -0.507 e. The van der Waals surface area contributed by atoms with Crippen molar-refractivity contribution in [1.29, 1.82) is 0 Å². The summed E-state index contributed by atoms with van der Waals surface area (Å²) in [5, 5.41) is 11.6. The minimum atomic E-state index is 0. The monoisotopic (exact) mass is 760 g/mol. The van der Waals surface area contributed by atoms with E-state index in [4.69, 9.17) is 4.98 Å². The van der Waals surface area contributed by atoms with Gasteiger partial charge in [-0.05, 0) is 105 Å². The van der Waals surface area contributed by atoms with Gasteiger partial charge in [0.2, 0.25) is 0 Å². The summed E-state index contributed by atoms with van der Waals surface area (Å²) >= 11 is 1.56. The molecule has 0 saturated carbocycles. The first kappa shape index (κ1) is 30.3. The van der Waals surface area contributed by atoms with Crippen molar-refractivity contribution < 1.29 is 26.2 Å². The predicted octanol–water partition coefficient (Wildman–Crippen LogP) is 8.82. The third-order valence-electron chi connectivity index (χ3n) is 6.81. The molecule has 0 amide bonds. The second-order valence-corrected chi connectivity index (χ2v) is 11.4. The van der Waals surface area contributed by atoms with Gasteiger partial charge in [-0.3, -0.25) is 15.0 Å². The molecule has 0 spiro atoms. The van der Waals surface area contributed by atoms with Crippen molar-refractivity contribution in [2.24, 2.45) is 0 Å². The van der Waals surface area contributed by atoms with Crippen LogP contribution < -0.4 is 0 Å². The summed E-state index contributed by atoms with van der Waals surface area (Å²) in [5.41, 5.74) is 10.9. The van der Waals surface area contributed by atoms with Crippen molar-refractivity contribution in [3.8, 4) is 50.5 Å². The van der Waals surface area contributed by atoms with E-state index in [2.05, 4.69) is 63.5 Å². The molecule has 1 N–H and O–H groups in total. The van der Waals surface area contributed by atoms with Gasteiger partial charge in [-0.2, -0.15) is 0 Å². The van der Waals surface area contributed by atoms with E-state index in [1.165, 1.54) is 0 Å². The summed E-state index contributed by atoms with van der Waals surface area (Å²) in [6.07, 6.45) is 1.80. The number of benzene rings is 2. The van der Waals surface area contributed by atoms with E-state index in [0.29, 0.717) is 11.3 Å². The van der Waals surface area contributed by atoms with Crippen molar-refractivity contribution in [2.45, 2.75) is 37.6 Å². The van der Waals surface area contributed by atoms with Crippen molar-refractivity contribution in [1.82, 2.24) is 19.9 Å². The Hall–Kier alpha value is -4.12. The number of hydrogen-bond acceptors (Lipinski definition) is 6. The maximum absolute atomic E-state index is 10.8. The Morgan fingerprint density at radius 3 is 1.77 bits per heavy atom. The molecule has 43 heavy (non-hydrogen) atoms. The molecule has 216 valence electrons. The maximum atomic E-state index is 10.8. The van der Waals surface area contributed by atoms with Crippen LogP contribution in [0.4, 0.5) is 0 Å². The molecule has 4 aromatic heterocycles. The number of para-hydroxylation sites is 1. The molecule has 5 nitrogen and oxygen atoms in total. The Labute approximate surface area is 270 Å². The summed E-state index contributed by atoms with van der Waals surface area (Å²) in [7, 11) is 0. The van der Waals surface area contributed by atoms with Crippen LogP contribution in [-0.4, -0.2) is 25.0 Å². The molecular formula is C36H29N4OPtS-. The first-order valence-electron chi connectivity index (χ1n) is 13.7. The van der Waals surface area contributed by atoms with Crippen LogP contribution in [0, 0.1) is 33.8 Å². The number of phenolic OH excluding ortho intramolecular Hbond substituents is 1. The van der Waals surface area contributed by atoms with Crippen LogP contribution in [0.5, 0.6) is 5.75 Å². The van der Waals surface area contributed by atoms with E-state index in [1.807, 2.05) is 70.2 Å². The number of hydrogen-bond donors (Lipinski definition) is 1. The van der Waals surface area contributed by atoms with E-state index >= 15 is 0 Å². The van der Waals surface area contributed by atoms with Crippen LogP contribution in [0.1, 0.15) is 22.8 Å². The summed E-state index contributed by atoms with van der Waals surface area (Å²) in [4.78, 5) is 19.7. The Bertz CT molecular complexity index is 1890. The van der Waals surface area contributed by atoms with E-state index in [0.717, 1.165) is 66.2 Å². The number of pyridine rings is 4. The SMILES string of the molecule is Cc1cc(-c2cc(Sc3ccccn3)[c-]c(-c3cc(-c4cc(C)nc(C)c4)cc(-c4ccccc4O)n3)c2)cc(C)n1.[Pt]. The number of nitrogens with zero attached hydrogens (tertiary/aromatic N) is 4. The van der Waals surface area contributed by atoms with Gasteiger partial charge in [-0.1, -0.05) is 46.5 Å². The van der Waals surface area contributed by atoms with E-state index in [1.54, 1.807) is 24.0 Å². The first-order chi connectivity index (χ1) is 20.3. The van der Waals surface area contributed by atoms with Crippen LogP contribution in [0.15, 0.2) is 107 Å². The molecule has 0 unspecified atom stereocenters. The van der Waals surface area contributed by atoms with Gasteiger partial charge in [0.25, 0.3) is 0 Å². The van der Waals surface area contributed by atoms with Gasteiger partial charge < -0.3 is 5.11 Å². The van der Waals surface area contributed by atoms with Gasteiger partial charge in [-0.25, -0.2) is 4.98 Å². The Morgan fingerprint density at radius 1 is 0.605 bits per heavy atom. The number of aromatic hydroxyl groups is 1. The van der Waals surface area contributed by atoms with Gasteiger partial charge in [0.1, 0.15) is 5.75 Å². The van der Waals surface area contributed by atoms with Crippen LogP contribution in [0.2, 0.25) is 0 Å². The Morgan fingerprint density at radius 2 is 1.16 bits per heavy atom. The quantitative estimate of drug-likeness (QED) is 0.171. The van der Waals surface area contributed by atoms with Crippen LogP contribution in [-0.2, 0) is 21.1 Å². The zero-order chi connectivity index (χ0) is 29.2. The molecule has 0 aliphatic heterocycles. The van der Waals surface area contributed by atoms with Crippen LogP contribution >= 0.6 is 11.8 Å². The molecule has 0 radical (unpaired) electrons. The molecule has 0 fully saturated rings. The standard InChI is InChI=1S/C36H29N4OS.Pt/c1-22-13-26(14-23(2)38-22)28-17-30(19-31(18-28)42-36-11-7-8-12-37-36)33-20-29(27-15-24(3)39-25(4)16-27)21-34(40-33)32-9-5-6-10-35(32)41;/h5-18,20-21,41H,1-4H3;/q-1;. The Balaban J connectivity index is 0.00000368. The average molecular weight is 761 g/mol. The van der Waals surface area contributed by atoms with Gasteiger partial charge in [0.05, 0.1) is 10.7 Å². The maximum Gasteiger partial charge on any atom is 0.124 e. The molecular weight excluding hydrogens is 732 g/mol. The smallest absolute Gasteiger partial charge is 0.124 e. The molecule has 0 saturated heterocycles. The molecule has 6 rings (SSSR count). The second-order valence-electron chi connectivity index (χ2n) is 10.3. The fraction of sp³-hybridized carbons (Fsp3) is 0.111. The first-order valence-corrected chi connectivity index (χ1v) is 14.5. The number of aryl methyl sites for hydroxylation is 4. The van der Waals surface area contributed by atoms with Crippen LogP contribution in [0.3, 0.4) is 0 Å². The summed E-state index contributed by atoms with van der Waals surface area (Å²) in [6.45, 7) is 8.02. The zero-order valence-corrected chi connectivity index (χ0v) is 27.3. The largest absolute Gasteiger partial charge is 0.507 e. The molecule has 4 heterocycles. The topological polar surface area (TPSA) is 71.8 Å². The third-order valence-corrected chi connectivity index (χ3v) is 7.70. The van der Waals surface area contributed by atoms with Gasteiger partial charge in [-0.15, -0.1) is 23.8 Å². The fourth-order valence-corrected chi connectivity index (χ4v) is 5.92. The van der Waals surface area contributed by atoms with Crippen molar-refractivity contribution in [3.05, 3.63) is 126 Å². The molecule has 0 aliphatic carbocycles. The van der Waals surface area contributed by atoms with Gasteiger partial charge in [0, 0.05) is 55.6 Å². The van der Waals surface area contributed by atoms with E-state index in [9.17, 15) is 5.11 Å². The van der Waals surface area contributed by atoms with E-state index in [-0.39, 0.29) is 26.8 Å².